The van der Waals surface area contributed by atoms with E-state index in [1.165, 1.54) is 13.3 Å². The van der Waals surface area contributed by atoms with E-state index >= 15 is 0 Å². The van der Waals surface area contributed by atoms with Crippen LogP contribution in [0.15, 0.2) is 55.6 Å². The number of hydrogen-bond acceptors (Lipinski definition) is 7. The molecular formula is C22H21BrN4O6. The van der Waals surface area contributed by atoms with Crippen molar-refractivity contribution in [2.75, 3.05) is 40.0 Å². The zero-order chi connectivity index (χ0) is 23.4. The van der Waals surface area contributed by atoms with Gasteiger partial charge in [0.25, 0.3) is 11.5 Å². The Kier molecular flexibility index (Phi) is 6.90. The van der Waals surface area contributed by atoms with E-state index in [1.807, 2.05) is 0 Å². The van der Waals surface area contributed by atoms with E-state index in [2.05, 4.69) is 26.0 Å². The third-order valence-electron chi connectivity index (χ3n) is 5.09. The van der Waals surface area contributed by atoms with Gasteiger partial charge in [0.2, 0.25) is 0 Å². The summed E-state index contributed by atoms with van der Waals surface area (Å²) in [5, 5.41) is 4.41. The summed E-state index contributed by atoms with van der Waals surface area (Å²) in [4.78, 5) is 41.6. The van der Waals surface area contributed by atoms with Crippen molar-refractivity contribution in [3.8, 4) is 11.5 Å². The number of fused-ring (bicyclic) bond motifs is 1. The predicted molar refractivity (Wildman–Crippen MR) is 125 cm³/mol. The van der Waals surface area contributed by atoms with E-state index in [4.69, 9.17) is 14.2 Å². The summed E-state index contributed by atoms with van der Waals surface area (Å²) < 4.78 is 17.7. The quantitative estimate of drug-likeness (QED) is 0.497. The van der Waals surface area contributed by atoms with E-state index in [1.54, 1.807) is 41.3 Å². The molecule has 1 aromatic heterocycles. The van der Waals surface area contributed by atoms with Crippen molar-refractivity contribution in [2.45, 2.75) is 0 Å². The summed E-state index contributed by atoms with van der Waals surface area (Å²) in [7, 11) is 1.47. The van der Waals surface area contributed by atoms with Gasteiger partial charge in [-0.05, 0) is 40.2 Å². The highest BCUT2D eigenvalue weighted by molar-refractivity contribution is 9.10. The molecule has 2 aromatic carbocycles. The average Bonchev–Trinajstić information content (AvgIpc) is 2.83. The second kappa shape index (κ2) is 10.0. The van der Waals surface area contributed by atoms with Gasteiger partial charge in [-0.2, -0.15) is 5.10 Å². The van der Waals surface area contributed by atoms with Crippen molar-refractivity contribution in [1.82, 2.24) is 14.6 Å². The van der Waals surface area contributed by atoms with E-state index in [0.29, 0.717) is 58.7 Å². The van der Waals surface area contributed by atoms with Crippen molar-refractivity contribution < 1.29 is 19.0 Å². The fourth-order valence-corrected chi connectivity index (χ4v) is 3.77. The Morgan fingerprint density at radius 3 is 2.73 bits per heavy atom. The van der Waals surface area contributed by atoms with Crippen molar-refractivity contribution in [1.29, 1.82) is 0 Å². The number of aromatic amines is 1. The molecule has 0 spiro atoms. The molecule has 1 amide bonds. The number of rotatable bonds is 6. The SMILES string of the molecule is COc1cc(C=Nn2c(=O)[nH]c3ccccc3c2=O)c(Br)cc1OCC(=O)N1CCOCC1. The van der Waals surface area contributed by atoms with Gasteiger partial charge >= 0.3 is 5.69 Å². The second-order valence-corrected chi connectivity index (χ2v) is 8.00. The van der Waals surface area contributed by atoms with Gasteiger partial charge in [0.15, 0.2) is 18.1 Å². The van der Waals surface area contributed by atoms with Gasteiger partial charge in [-0.3, -0.25) is 9.59 Å². The molecule has 1 saturated heterocycles. The first-order valence-corrected chi connectivity index (χ1v) is 10.9. The fourth-order valence-electron chi connectivity index (χ4n) is 3.34. The molecule has 2 heterocycles. The van der Waals surface area contributed by atoms with Gasteiger partial charge < -0.3 is 24.1 Å². The van der Waals surface area contributed by atoms with E-state index in [0.717, 1.165) is 4.68 Å². The number of halogens is 1. The van der Waals surface area contributed by atoms with Crippen molar-refractivity contribution >= 4 is 39.0 Å². The van der Waals surface area contributed by atoms with Gasteiger partial charge in [-0.15, -0.1) is 4.68 Å². The first-order chi connectivity index (χ1) is 16.0. The summed E-state index contributed by atoms with van der Waals surface area (Å²) in [5.74, 6) is 0.593. The number of morpholine rings is 1. The maximum absolute atomic E-state index is 12.6. The summed E-state index contributed by atoms with van der Waals surface area (Å²) >= 11 is 3.43. The van der Waals surface area contributed by atoms with Crippen LogP contribution in [-0.4, -0.2) is 66.7 Å². The molecule has 33 heavy (non-hydrogen) atoms. The Bertz CT molecular complexity index is 1330. The highest BCUT2D eigenvalue weighted by Crippen LogP contribution is 2.33. The number of nitrogens with one attached hydrogen (secondary N) is 1. The number of methoxy groups -OCH3 is 1. The number of aromatic nitrogens is 2. The topological polar surface area (TPSA) is 115 Å². The van der Waals surface area contributed by atoms with E-state index in [9.17, 15) is 14.4 Å². The third kappa shape index (κ3) is 4.99. The Morgan fingerprint density at radius 1 is 1.21 bits per heavy atom. The number of carbonyl (C=O) groups is 1. The van der Waals surface area contributed by atoms with Crippen LogP contribution in [0.5, 0.6) is 11.5 Å². The second-order valence-electron chi connectivity index (χ2n) is 7.14. The summed E-state index contributed by atoms with van der Waals surface area (Å²) in [6, 6.07) is 9.97. The van der Waals surface area contributed by atoms with Gasteiger partial charge in [-0.1, -0.05) is 12.1 Å². The molecule has 1 N–H and O–H groups in total. The number of benzene rings is 2. The number of amides is 1. The summed E-state index contributed by atoms with van der Waals surface area (Å²) in [6.07, 6.45) is 1.36. The van der Waals surface area contributed by atoms with Crippen LogP contribution in [0.3, 0.4) is 0 Å². The molecule has 0 bridgehead atoms. The highest BCUT2D eigenvalue weighted by atomic mass is 79.9. The Labute approximate surface area is 196 Å². The van der Waals surface area contributed by atoms with Crippen LogP contribution in [0.1, 0.15) is 5.56 Å². The molecule has 3 aromatic rings. The van der Waals surface area contributed by atoms with Crippen molar-refractivity contribution in [2.24, 2.45) is 5.10 Å². The minimum Gasteiger partial charge on any atom is -0.493 e. The summed E-state index contributed by atoms with van der Waals surface area (Å²) in [5.41, 5.74) is -0.206. The largest absolute Gasteiger partial charge is 0.493 e. The Morgan fingerprint density at radius 2 is 1.97 bits per heavy atom. The standard InChI is InChI=1S/C22H21BrN4O6/c1-31-18-10-14(12-24-27-21(29)15-4-2-3-5-17(15)25-22(27)30)16(23)11-19(18)33-13-20(28)26-6-8-32-9-7-26/h2-5,10-12H,6-9,13H2,1H3,(H,25,30). The lowest BCUT2D eigenvalue weighted by Crippen LogP contribution is -2.43. The number of ether oxygens (including phenoxy) is 3. The molecule has 1 aliphatic rings. The van der Waals surface area contributed by atoms with Crippen LogP contribution < -0.4 is 20.7 Å². The maximum atomic E-state index is 12.6. The van der Waals surface area contributed by atoms with Gasteiger partial charge in [0.05, 0.1) is 37.4 Å². The predicted octanol–water partition coefficient (Wildman–Crippen LogP) is 1.58. The monoisotopic (exact) mass is 516 g/mol. The van der Waals surface area contributed by atoms with Crippen LogP contribution in [0.2, 0.25) is 0 Å². The molecule has 1 aliphatic heterocycles. The van der Waals surface area contributed by atoms with E-state index in [-0.39, 0.29) is 12.5 Å². The first kappa shape index (κ1) is 22.7. The van der Waals surface area contributed by atoms with Crippen molar-refractivity contribution in [3.63, 3.8) is 0 Å². The molecule has 1 fully saturated rings. The molecule has 0 radical (unpaired) electrons. The van der Waals surface area contributed by atoms with Crippen LogP contribution >= 0.6 is 15.9 Å². The first-order valence-electron chi connectivity index (χ1n) is 10.1. The zero-order valence-corrected chi connectivity index (χ0v) is 19.3. The molecule has 172 valence electrons. The van der Waals surface area contributed by atoms with Crippen molar-refractivity contribution in [3.05, 3.63) is 67.3 Å². The summed E-state index contributed by atoms with van der Waals surface area (Å²) in [6.45, 7) is 1.95. The zero-order valence-electron chi connectivity index (χ0n) is 17.7. The van der Waals surface area contributed by atoms with Gasteiger partial charge in [0.1, 0.15) is 0 Å². The molecular weight excluding hydrogens is 496 g/mol. The molecule has 0 unspecified atom stereocenters. The molecule has 4 rings (SSSR count). The third-order valence-corrected chi connectivity index (χ3v) is 5.78. The lowest BCUT2D eigenvalue weighted by atomic mass is 10.2. The Balaban J connectivity index is 1.56. The fraction of sp³-hybridized carbons (Fsp3) is 0.273. The minimum atomic E-state index is -0.653. The molecule has 10 nitrogen and oxygen atoms in total. The lowest BCUT2D eigenvalue weighted by Gasteiger charge is -2.26. The molecule has 0 saturated carbocycles. The molecule has 0 aliphatic carbocycles. The Hall–Kier alpha value is -3.44. The van der Waals surface area contributed by atoms with Crippen LogP contribution in [0.4, 0.5) is 0 Å². The number of hydrogen-bond donors (Lipinski definition) is 1. The van der Waals surface area contributed by atoms with E-state index < -0.39 is 11.2 Å². The lowest BCUT2D eigenvalue weighted by molar-refractivity contribution is -0.137. The van der Waals surface area contributed by atoms with Crippen LogP contribution in [0, 0.1) is 0 Å². The average molecular weight is 517 g/mol. The maximum Gasteiger partial charge on any atom is 0.349 e. The number of nitrogens with zero attached hydrogens (tertiary/aromatic N) is 3. The van der Waals surface area contributed by atoms with Gasteiger partial charge in [-0.25, -0.2) is 4.79 Å². The van der Waals surface area contributed by atoms with Gasteiger partial charge in [0, 0.05) is 23.1 Å². The smallest absolute Gasteiger partial charge is 0.349 e. The minimum absolute atomic E-state index is 0.141. The highest BCUT2D eigenvalue weighted by Gasteiger charge is 2.18. The number of carbonyl (C=O) groups excluding carboxylic acids is 1. The molecule has 11 heteroatoms. The number of H-pyrrole nitrogens is 1. The van der Waals surface area contributed by atoms with Crippen LogP contribution in [0.25, 0.3) is 10.9 Å². The molecule has 0 atom stereocenters. The number of para-hydroxylation sites is 1. The normalized spacial score (nSPS) is 14.1. The van der Waals surface area contributed by atoms with Crippen LogP contribution in [-0.2, 0) is 9.53 Å².